The topological polar surface area (TPSA) is 122 Å². The van der Waals surface area contributed by atoms with E-state index >= 15 is 0 Å². The number of carbonyl (C=O) groups is 1. The highest BCUT2D eigenvalue weighted by Crippen LogP contribution is 2.13. The number of aliphatic hydroxyl groups is 4. The van der Waals surface area contributed by atoms with E-state index in [0.717, 1.165) is 6.92 Å². The normalized spacial score (nSPS) is 22.2. The molecule has 0 bridgehead atoms. The fourth-order valence-corrected chi connectivity index (χ4v) is 0.666. The molecule has 0 heterocycles. The largest absolute Gasteiger partial charge is 0.387 e. The molecular weight excluding hydrogens is 178 g/mol. The summed E-state index contributed by atoms with van der Waals surface area (Å²) >= 11 is 0. The number of nitriles is 1. The van der Waals surface area contributed by atoms with Crippen LogP contribution in [0.3, 0.4) is 0 Å². The van der Waals surface area contributed by atoms with Crippen LogP contribution in [0.5, 0.6) is 0 Å². The van der Waals surface area contributed by atoms with Gasteiger partial charge in [-0.15, -0.1) is 0 Å². The second kappa shape index (κ2) is 4.30. The third-order valence-electron chi connectivity index (χ3n) is 1.62. The zero-order valence-electron chi connectivity index (χ0n) is 6.95. The highest BCUT2D eigenvalue weighted by Gasteiger charge is 2.38. The van der Waals surface area contributed by atoms with Crippen LogP contribution in [-0.4, -0.2) is 50.6 Å². The summed E-state index contributed by atoms with van der Waals surface area (Å²) in [6, 6.07) is 1.32. The van der Waals surface area contributed by atoms with Gasteiger partial charge in [0.2, 0.25) is 0 Å². The molecule has 0 aliphatic carbocycles. The van der Waals surface area contributed by atoms with Crippen LogP contribution in [0.25, 0.3) is 0 Å². The van der Waals surface area contributed by atoms with E-state index in [0.29, 0.717) is 0 Å². The average Bonchev–Trinajstić information content (AvgIpc) is 2.14. The molecule has 0 fully saturated rings. The Morgan fingerprint density at radius 3 is 2.23 bits per heavy atom. The molecule has 0 saturated carbocycles. The van der Waals surface area contributed by atoms with Gasteiger partial charge in [0, 0.05) is 0 Å². The van der Waals surface area contributed by atoms with E-state index in [1.807, 2.05) is 0 Å². The van der Waals surface area contributed by atoms with Crippen molar-refractivity contribution in [1.82, 2.24) is 0 Å². The van der Waals surface area contributed by atoms with Gasteiger partial charge >= 0.3 is 0 Å². The Hall–Kier alpha value is -1.00. The molecule has 0 spiro atoms. The molecule has 0 saturated heterocycles. The lowest BCUT2D eigenvalue weighted by Crippen LogP contribution is -2.50. The predicted molar refractivity (Wildman–Crippen MR) is 40.3 cm³/mol. The van der Waals surface area contributed by atoms with Gasteiger partial charge in [-0.1, -0.05) is 0 Å². The van der Waals surface area contributed by atoms with Gasteiger partial charge in [0.25, 0.3) is 0 Å². The van der Waals surface area contributed by atoms with Gasteiger partial charge in [0.15, 0.2) is 11.9 Å². The molecule has 6 heteroatoms. The Balaban J connectivity index is 4.52. The van der Waals surface area contributed by atoms with E-state index in [-0.39, 0.29) is 6.29 Å². The number of aldehydes is 1. The van der Waals surface area contributed by atoms with Crippen LogP contribution in [0, 0.1) is 11.3 Å². The molecule has 0 aromatic heterocycles. The first-order valence-electron chi connectivity index (χ1n) is 3.50. The van der Waals surface area contributed by atoms with E-state index in [9.17, 15) is 4.79 Å². The molecule has 13 heavy (non-hydrogen) atoms. The van der Waals surface area contributed by atoms with Crippen LogP contribution >= 0.6 is 0 Å². The quantitative estimate of drug-likeness (QED) is 0.287. The summed E-state index contributed by atoms with van der Waals surface area (Å²) < 4.78 is 0. The lowest BCUT2D eigenvalue weighted by molar-refractivity contribution is -0.140. The Morgan fingerprint density at radius 2 is 1.92 bits per heavy atom. The van der Waals surface area contributed by atoms with Crippen molar-refractivity contribution in [2.24, 2.45) is 0 Å². The van der Waals surface area contributed by atoms with E-state index in [1.54, 1.807) is 0 Å². The summed E-state index contributed by atoms with van der Waals surface area (Å²) in [4.78, 5) is 9.98. The van der Waals surface area contributed by atoms with Crippen molar-refractivity contribution < 1.29 is 25.2 Å². The molecule has 4 N–H and O–H groups in total. The fraction of sp³-hybridized carbons (Fsp3) is 0.714. The Bertz CT molecular complexity index is 221. The van der Waals surface area contributed by atoms with Crippen LogP contribution in [0.2, 0.25) is 0 Å². The zero-order valence-corrected chi connectivity index (χ0v) is 6.95. The standard InChI is InChI=1S/C7H11NO5/c1-7(13,3-8)6(12)5(11)4(10)2-9/h2,4-6,10-13H,1H3/t4-,5+,6+,7-/m1/s1. The number of hydrogen-bond donors (Lipinski definition) is 4. The van der Waals surface area contributed by atoms with Gasteiger partial charge in [-0.25, -0.2) is 0 Å². The molecule has 6 nitrogen and oxygen atoms in total. The van der Waals surface area contributed by atoms with Gasteiger partial charge in [0.05, 0.1) is 6.07 Å². The van der Waals surface area contributed by atoms with Crippen LogP contribution in [0.15, 0.2) is 0 Å². The molecular formula is C7H11NO5. The van der Waals surface area contributed by atoms with E-state index in [1.165, 1.54) is 6.07 Å². The van der Waals surface area contributed by atoms with Gasteiger partial charge in [-0.2, -0.15) is 5.26 Å². The van der Waals surface area contributed by atoms with Crippen molar-refractivity contribution in [3.8, 4) is 6.07 Å². The second-order valence-electron chi connectivity index (χ2n) is 2.82. The SMILES string of the molecule is C[C@@](O)(C#N)[C@@H](O)[C@@H](O)[C@H](O)C=O. The molecule has 74 valence electrons. The van der Waals surface area contributed by atoms with Crippen molar-refractivity contribution in [3.63, 3.8) is 0 Å². The molecule has 0 radical (unpaired) electrons. The second-order valence-corrected chi connectivity index (χ2v) is 2.82. The maximum Gasteiger partial charge on any atom is 0.176 e. The van der Waals surface area contributed by atoms with Crippen LogP contribution in [-0.2, 0) is 4.79 Å². The highest BCUT2D eigenvalue weighted by atomic mass is 16.4. The number of carbonyl (C=O) groups excluding carboxylic acids is 1. The molecule has 0 aliphatic heterocycles. The summed E-state index contributed by atoms with van der Waals surface area (Å²) in [7, 11) is 0. The minimum absolute atomic E-state index is 0.00133. The number of hydrogen-bond acceptors (Lipinski definition) is 6. The van der Waals surface area contributed by atoms with Gasteiger partial charge in [-0.05, 0) is 6.92 Å². The van der Waals surface area contributed by atoms with Crippen LogP contribution < -0.4 is 0 Å². The predicted octanol–water partition coefficient (Wildman–Crippen LogP) is -2.46. The molecule has 0 amide bonds. The third-order valence-corrected chi connectivity index (χ3v) is 1.62. The number of aliphatic hydroxyl groups excluding tert-OH is 3. The maximum atomic E-state index is 9.98. The van der Waals surface area contributed by atoms with Crippen molar-refractivity contribution in [3.05, 3.63) is 0 Å². The fourth-order valence-electron chi connectivity index (χ4n) is 0.666. The van der Waals surface area contributed by atoms with Crippen LogP contribution in [0.4, 0.5) is 0 Å². The Labute approximate surface area is 74.7 Å². The van der Waals surface area contributed by atoms with E-state index in [4.69, 9.17) is 25.7 Å². The molecule has 0 rings (SSSR count). The van der Waals surface area contributed by atoms with Crippen molar-refractivity contribution in [2.45, 2.75) is 30.8 Å². The maximum absolute atomic E-state index is 9.98. The lowest BCUT2D eigenvalue weighted by Gasteiger charge is -2.27. The average molecular weight is 189 g/mol. The third kappa shape index (κ3) is 2.75. The van der Waals surface area contributed by atoms with Gasteiger partial charge in [0.1, 0.15) is 18.3 Å². The molecule has 0 aromatic rings. The first-order chi connectivity index (χ1) is 5.86. The Kier molecular flexibility index (Phi) is 3.97. The van der Waals surface area contributed by atoms with E-state index < -0.39 is 23.9 Å². The molecule has 0 unspecified atom stereocenters. The summed E-state index contributed by atoms with van der Waals surface area (Å²) in [6.07, 6.45) is -5.61. The smallest absolute Gasteiger partial charge is 0.176 e. The first-order valence-corrected chi connectivity index (χ1v) is 3.50. The Morgan fingerprint density at radius 1 is 1.46 bits per heavy atom. The first kappa shape index (κ1) is 12.0. The van der Waals surface area contributed by atoms with Gasteiger partial charge in [-0.3, -0.25) is 0 Å². The monoisotopic (exact) mass is 189 g/mol. The zero-order chi connectivity index (χ0) is 10.6. The highest BCUT2D eigenvalue weighted by molar-refractivity contribution is 5.56. The molecule has 0 aromatic carbocycles. The number of rotatable bonds is 4. The minimum Gasteiger partial charge on any atom is -0.387 e. The summed E-state index contributed by atoms with van der Waals surface area (Å²) in [5, 5.41) is 44.3. The summed E-state index contributed by atoms with van der Waals surface area (Å²) in [5.41, 5.74) is -2.20. The van der Waals surface area contributed by atoms with Gasteiger partial charge < -0.3 is 25.2 Å². The van der Waals surface area contributed by atoms with E-state index in [2.05, 4.69) is 0 Å². The van der Waals surface area contributed by atoms with Crippen molar-refractivity contribution in [1.29, 1.82) is 5.26 Å². The molecule has 4 atom stereocenters. The lowest BCUT2D eigenvalue weighted by atomic mass is 9.94. The van der Waals surface area contributed by atoms with Crippen molar-refractivity contribution >= 4 is 6.29 Å². The summed E-state index contributed by atoms with van der Waals surface area (Å²) in [5.74, 6) is 0. The summed E-state index contributed by atoms with van der Waals surface area (Å²) in [6.45, 7) is 0.957. The van der Waals surface area contributed by atoms with Crippen LogP contribution in [0.1, 0.15) is 6.92 Å². The van der Waals surface area contributed by atoms with Crippen molar-refractivity contribution in [2.75, 3.05) is 0 Å². The molecule has 0 aliphatic rings. The number of nitrogens with zero attached hydrogens (tertiary/aromatic N) is 1. The minimum atomic E-state index is -2.20.